The van der Waals surface area contributed by atoms with Crippen molar-refractivity contribution in [3.63, 3.8) is 0 Å². The van der Waals surface area contributed by atoms with Gasteiger partial charge in [0, 0.05) is 13.5 Å². The molecule has 1 heterocycles. The van der Waals surface area contributed by atoms with E-state index < -0.39 is 105 Å². The first kappa shape index (κ1) is 81.8. The van der Waals surface area contributed by atoms with Crippen molar-refractivity contribution in [1.82, 2.24) is 5.32 Å². The van der Waals surface area contributed by atoms with Crippen LogP contribution in [-0.4, -0.2) is 298 Å². The van der Waals surface area contributed by atoms with Crippen molar-refractivity contribution >= 4 is 18.0 Å². The van der Waals surface area contributed by atoms with Gasteiger partial charge in [-0.15, -0.1) is 0 Å². The Morgan fingerprint density at radius 2 is 1.14 bits per heavy atom. The largest absolute Gasteiger partial charge is 0.462 e. The predicted molar refractivity (Wildman–Crippen MR) is 336 cm³/mol. The summed E-state index contributed by atoms with van der Waals surface area (Å²) in [5.74, 6) is 1.33. The monoisotopic (exact) mass is 1360 g/mol. The van der Waals surface area contributed by atoms with Crippen LogP contribution in [0.3, 0.4) is 0 Å². The van der Waals surface area contributed by atoms with Crippen molar-refractivity contribution in [3.05, 3.63) is 11.6 Å². The molecule has 4 fully saturated rings. The van der Waals surface area contributed by atoms with E-state index in [0.717, 1.165) is 24.7 Å². The summed E-state index contributed by atoms with van der Waals surface area (Å²) in [6, 6.07) is -1.71. The second kappa shape index (κ2) is 45.0. The Balaban J connectivity index is 0.997. The molecule has 18 atom stereocenters. The molecule has 3 saturated carbocycles. The Morgan fingerprint density at radius 1 is 0.617 bits per heavy atom. The Morgan fingerprint density at radius 3 is 1.64 bits per heavy atom. The number of carbonyl (C=O) groups excluding carboxylic acids is 3. The van der Waals surface area contributed by atoms with E-state index in [9.17, 15) is 55.2 Å². The van der Waals surface area contributed by atoms with Crippen LogP contribution in [0.15, 0.2) is 11.6 Å². The molecule has 28 nitrogen and oxygen atoms in total. The number of carbonyl (C=O) groups is 3. The number of aliphatic hydroxyl groups excluding tert-OH is 8. The molecule has 0 aromatic carbocycles. The van der Waals surface area contributed by atoms with Crippen LogP contribution in [0.1, 0.15) is 105 Å². The van der Waals surface area contributed by atoms with Crippen molar-refractivity contribution in [2.75, 3.05) is 172 Å². The molecule has 0 aromatic rings. The Hall–Kier alpha value is -2.89. The van der Waals surface area contributed by atoms with Crippen LogP contribution < -0.4 is 5.32 Å². The molecule has 5 rings (SSSR count). The van der Waals surface area contributed by atoms with E-state index in [2.05, 4.69) is 46.0 Å². The highest BCUT2D eigenvalue weighted by Crippen LogP contribution is 2.67. The number of hydrogen-bond acceptors (Lipinski definition) is 27. The summed E-state index contributed by atoms with van der Waals surface area (Å²) in [5.41, 5.74) is 1.57. The highest BCUT2D eigenvalue weighted by molar-refractivity contribution is 5.82. The maximum Gasteiger partial charge on any atom is 0.408 e. The van der Waals surface area contributed by atoms with E-state index in [1.54, 1.807) is 7.11 Å². The number of ether oxygens (including phenoxy) is 16. The lowest BCUT2D eigenvalue weighted by molar-refractivity contribution is -0.326. The minimum Gasteiger partial charge on any atom is -0.462 e. The second-order valence-electron chi connectivity index (χ2n) is 26.2. The van der Waals surface area contributed by atoms with Gasteiger partial charge in [0.25, 0.3) is 0 Å². The summed E-state index contributed by atoms with van der Waals surface area (Å²) in [6.45, 7) is 17.0. The van der Waals surface area contributed by atoms with Gasteiger partial charge in [-0.1, -0.05) is 65.5 Å². The topological polar surface area (TPSA) is 373 Å². The zero-order chi connectivity index (χ0) is 68.3. The Bertz CT molecular complexity index is 2100. The normalized spacial score (nSPS) is 28.7. The van der Waals surface area contributed by atoms with Crippen LogP contribution in [0.25, 0.3) is 0 Å². The first-order chi connectivity index (χ1) is 45.3. The van der Waals surface area contributed by atoms with Gasteiger partial charge >= 0.3 is 18.0 Å². The number of hydrogen-bond donors (Lipinski definition) is 9. The molecule has 5 aliphatic rings. The fraction of sp³-hybridized carbons (Fsp3) is 0.924. The maximum atomic E-state index is 13.7. The standard InChI is InChI=1S/C66H117NO27/c1-44(2)8-7-9-45(3)49-12-13-50-48-11-10-46-40-47(14-16-65(46,4)51(48)15-17-66(49,50)5)92-64(78)67-52(43-91-62(77)58(74)57(73)60(53(70)41-68)94-63-59(75)56(72)55(71)54(42-69)93-63)61(76)90-39-38-89-37-36-88-35-34-87-33-32-86-31-30-85-29-28-84-27-26-83-25-24-82-23-22-81-21-20-80-19-18-79-6/h10,44-45,47-60,63,68-75H,7-9,11-43H2,1-6H3,(H,67,78)/t45-,47+,48+,49-,50+,51+,52+,53-,54-,55+,56+,57-,58+,59-,60-,63+,65+,66-/m1/s1. The summed E-state index contributed by atoms with van der Waals surface area (Å²) in [4.78, 5) is 40.7. The predicted octanol–water partition coefficient (Wildman–Crippen LogP) is 1.65. The van der Waals surface area contributed by atoms with E-state index in [1.165, 1.54) is 50.5 Å². The van der Waals surface area contributed by atoms with E-state index in [4.69, 9.17) is 75.8 Å². The van der Waals surface area contributed by atoms with Crippen LogP contribution in [-0.2, 0) is 85.4 Å². The molecule has 1 aliphatic heterocycles. The number of esters is 2. The molecule has 0 bridgehead atoms. The lowest BCUT2D eigenvalue weighted by Gasteiger charge is -2.58. The van der Waals surface area contributed by atoms with Crippen LogP contribution in [0.5, 0.6) is 0 Å². The Labute approximate surface area is 555 Å². The average Bonchev–Trinajstić information content (AvgIpc) is 1.34. The Kier molecular flexibility index (Phi) is 39.1. The van der Waals surface area contributed by atoms with E-state index in [1.807, 2.05) is 0 Å². The van der Waals surface area contributed by atoms with Crippen LogP contribution in [0.2, 0.25) is 0 Å². The third-order valence-corrected chi connectivity index (χ3v) is 19.4. The first-order valence-electron chi connectivity index (χ1n) is 34.2. The van der Waals surface area contributed by atoms with Gasteiger partial charge in [0.1, 0.15) is 62.0 Å². The smallest absolute Gasteiger partial charge is 0.408 e. The molecule has 548 valence electrons. The third kappa shape index (κ3) is 26.7. The van der Waals surface area contributed by atoms with Gasteiger partial charge in [-0.3, -0.25) is 0 Å². The fourth-order valence-electron chi connectivity index (χ4n) is 14.2. The molecule has 0 aromatic heterocycles. The lowest BCUT2D eigenvalue weighted by atomic mass is 9.47. The number of alkyl carbamates (subject to hydrolysis) is 1. The summed E-state index contributed by atoms with van der Waals surface area (Å²) < 4.78 is 87.1. The lowest BCUT2D eigenvalue weighted by Crippen LogP contribution is -2.61. The number of allylic oxidation sites excluding steroid dienone is 1. The molecule has 0 unspecified atom stereocenters. The fourth-order valence-corrected chi connectivity index (χ4v) is 14.2. The van der Waals surface area contributed by atoms with Gasteiger partial charge in [0.05, 0.1) is 152 Å². The number of nitrogens with one attached hydrogen (secondary N) is 1. The molecular weight excluding hydrogens is 1240 g/mol. The molecule has 1 amide bonds. The highest BCUT2D eigenvalue weighted by atomic mass is 16.7. The van der Waals surface area contributed by atoms with Gasteiger partial charge in [-0.05, 0) is 91.3 Å². The van der Waals surface area contributed by atoms with Gasteiger partial charge in [-0.2, -0.15) is 0 Å². The average molecular weight is 1360 g/mol. The quantitative estimate of drug-likeness (QED) is 0.0181. The summed E-state index contributed by atoms with van der Waals surface area (Å²) in [5, 5.41) is 85.4. The van der Waals surface area contributed by atoms with Crippen molar-refractivity contribution in [2.45, 2.75) is 173 Å². The van der Waals surface area contributed by atoms with Gasteiger partial charge in [-0.25, -0.2) is 14.4 Å². The highest BCUT2D eigenvalue weighted by Gasteiger charge is 2.59. The maximum absolute atomic E-state index is 13.7. The van der Waals surface area contributed by atoms with E-state index in [-0.39, 0.29) is 38.4 Å². The number of methoxy groups -OCH3 is 1. The number of amides is 1. The van der Waals surface area contributed by atoms with E-state index >= 15 is 0 Å². The minimum absolute atomic E-state index is 0.0392. The zero-order valence-corrected chi connectivity index (χ0v) is 56.7. The van der Waals surface area contributed by atoms with Crippen molar-refractivity contribution in [1.29, 1.82) is 0 Å². The second-order valence-corrected chi connectivity index (χ2v) is 26.2. The minimum atomic E-state index is -2.56. The molecular formula is C66H117NO27. The number of aliphatic hydroxyl groups is 8. The van der Waals surface area contributed by atoms with E-state index in [0.29, 0.717) is 154 Å². The molecule has 9 N–H and O–H groups in total. The number of fused-ring (bicyclic) bond motifs is 5. The summed E-state index contributed by atoms with van der Waals surface area (Å²) in [7, 11) is 1.63. The SMILES string of the molecule is COCCOCCOCCOCCOCCOCCOCCOCCOCCOCCOCCOC(=O)[C@H](COC(=O)[C@@H](O)[C@@H](O)[C@H](O[C@@H]1O[C@H](CO)[C@H](O)[C@H](O)[C@H]1O)[C@H](O)CO)NC(=O)O[C@H]1CC[C@@]2(C)C(=CC[C@H]3[C@@H]4CC[C@H]([C@H](C)CCCC(C)C)[C@@]4(C)CC[C@@H]32)C1. The molecule has 0 radical (unpaired) electrons. The summed E-state index contributed by atoms with van der Waals surface area (Å²) >= 11 is 0. The number of rotatable bonds is 51. The van der Waals surface area contributed by atoms with Crippen molar-refractivity contribution in [2.24, 2.45) is 46.3 Å². The molecule has 1 saturated heterocycles. The van der Waals surface area contributed by atoms with Crippen LogP contribution in [0.4, 0.5) is 4.79 Å². The van der Waals surface area contributed by atoms with Crippen LogP contribution in [0, 0.1) is 46.3 Å². The zero-order valence-electron chi connectivity index (χ0n) is 56.7. The van der Waals surface area contributed by atoms with Gasteiger partial charge in [0.2, 0.25) is 0 Å². The van der Waals surface area contributed by atoms with Gasteiger partial charge < -0.3 is 122 Å². The van der Waals surface area contributed by atoms with Crippen LogP contribution >= 0.6 is 0 Å². The molecule has 94 heavy (non-hydrogen) atoms. The van der Waals surface area contributed by atoms with Crippen molar-refractivity contribution < 1.29 is 131 Å². The van der Waals surface area contributed by atoms with Gasteiger partial charge in [0.15, 0.2) is 18.4 Å². The third-order valence-electron chi connectivity index (χ3n) is 19.4. The molecule has 28 heteroatoms. The van der Waals surface area contributed by atoms with Crippen molar-refractivity contribution in [3.8, 4) is 0 Å². The summed E-state index contributed by atoms with van der Waals surface area (Å²) in [6.07, 6.45) is -5.73. The first-order valence-corrected chi connectivity index (χ1v) is 34.2. The molecule has 4 aliphatic carbocycles. The molecule has 0 spiro atoms.